The predicted octanol–water partition coefficient (Wildman–Crippen LogP) is 5.88. The lowest BCUT2D eigenvalue weighted by molar-refractivity contribution is -0.0368. The van der Waals surface area contributed by atoms with Gasteiger partial charge in [-0.2, -0.15) is 0 Å². The zero-order chi connectivity index (χ0) is 20.1. The van der Waals surface area contributed by atoms with Crippen LogP contribution in [-0.2, 0) is 0 Å². The zero-order valence-corrected chi connectivity index (χ0v) is 17.9. The second kappa shape index (κ2) is 6.04. The fourth-order valence-electron chi connectivity index (χ4n) is 10.1. The van der Waals surface area contributed by atoms with Crippen LogP contribution in [0.4, 0.5) is 0 Å². The Balaban J connectivity index is 1.25. The molecule has 0 unspecified atom stereocenters. The van der Waals surface area contributed by atoms with Gasteiger partial charge in [0.1, 0.15) is 0 Å². The van der Waals surface area contributed by atoms with Gasteiger partial charge in [0.2, 0.25) is 0 Å². The molecule has 8 fully saturated rings. The number of ketones is 2. The van der Waals surface area contributed by atoms with Crippen LogP contribution in [0.1, 0.15) is 97.8 Å². The molecule has 0 amide bonds. The van der Waals surface area contributed by atoms with Crippen LogP contribution >= 0.6 is 0 Å². The summed E-state index contributed by atoms with van der Waals surface area (Å²) in [6.07, 6.45) is 17.8. The molecule has 0 N–H and O–H groups in total. The molecule has 30 heavy (non-hydrogen) atoms. The van der Waals surface area contributed by atoms with E-state index in [-0.39, 0.29) is 22.4 Å². The van der Waals surface area contributed by atoms with E-state index >= 15 is 0 Å². The van der Waals surface area contributed by atoms with E-state index in [1.165, 1.54) is 38.5 Å². The molecule has 8 aliphatic carbocycles. The van der Waals surface area contributed by atoms with Gasteiger partial charge in [-0.3, -0.25) is 14.6 Å². The molecule has 0 spiro atoms. The number of rotatable bonds is 4. The monoisotopic (exact) mass is 403 g/mol. The first kappa shape index (κ1) is 18.1. The SMILES string of the molecule is O=C(c1ccncc1C(=O)C12CC3CC(CC(C3)C1)C2)C12CC3CC(CC(C3)C1)C2. The first-order valence-corrected chi connectivity index (χ1v) is 12.6. The third-order valence-electron chi connectivity index (χ3n) is 10.4. The minimum atomic E-state index is -0.200. The Kier molecular flexibility index (Phi) is 3.65. The molecule has 3 nitrogen and oxygen atoms in total. The topological polar surface area (TPSA) is 47.0 Å². The van der Waals surface area contributed by atoms with Crippen LogP contribution in [0, 0.1) is 46.3 Å². The summed E-state index contributed by atoms with van der Waals surface area (Å²) < 4.78 is 0. The lowest BCUT2D eigenvalue weighted by atomic mass is 9.47. The molecule has 0 radical (unpaired) electrons. The minimum absolute atomic E-state index is 0.188. The Morgan fingerprint density at radius 1 is 0.633 bits per heavy atom. The molecule has 1 aromatic heterocycles. The lowest BCUT2D eigenvalue weighted by Crippen LogP contribution is -2.51. The van der Waals surface area contributed by atoms with Crippen molar-refractivity contribution in [3.63, 3.8) is 0 Å². The van der Waals surface area contributed by atoms with Crippen molar-refractivity contribution in [2.75, 3.05) is 0 Å². The minimum Gasteiger partial charge on any atom is -0.294 e. The summed E-state index contributed by atoms with van der Waals surface area (Å²) in [6.45, 7) is 0. The summed E-state index contributed by atoms with van der Waals surface area (Å²) >= 11 is 0. The fraction of sp³-hybridized carbons (Fsp3) is 0.741. The maximum atomic E-state index is 14.1. The van der Waals surface area contributed by atoms with Crippen molar-refractivity contribution in [1.82, 2.24) is 4.98 Å². The van der Waals surface area contributed by atoms with Crippen molar-refractivity contribution in [1.29, 1.82) is 0 Å². The van der Waals surface area contributed by atoms with E-state index in [4.69, 9.17) is 0 Å². The highest BCUT2D eigenvalue weighted by molar-refractivity contribution is 6.12. The molecule has 0 aromatic carbocycles. The summed E-state index contributed by atoms with van der Waals surface area (Å²) in [4.78, 5) is 32.5. The van der Waals surface area contributed by atoms with Gasteiger partial charge in [-0.25, -0.2) is 0 Å². The number of carbonyl (C=O) groups is 2. The summed E-state index contributed by atoms with van der Waals surface area (Å²) in [5, 5.41) is 0. The number of hydrogen-bond donors (Lipinski definition) is 0. The zero-order valence-electron chi connectivity index (χ0n) is 17.9. The normalized spacial score (nSPS) is 47.6. The number of pyridine rings is 1. The standard InChI is InChI=1S/C27H33NO2/c29-24(26-9-16-3-17(10-26)5-18(4-16)11-26)22-1-2-28-15-23(22)25(30)27-12-19-6-20(13-27)8-21(7-19)14-27/h1-2,15-21H,3-14H2. The molecule has 9 rings (SSSR count). The van der Waals surface area contributed by atoms with E-state index in [0.717, 1.165) is 74.0 Å². The third-order valence-corrected chi connectivity index (χ3v) is 10.4. The summed E-state index contributed by atoms with van der Waals surface area (Å²) in [6, 6.07) is 1.88. The molecule has 1 heterocycles. The highest BCUT2D eigenvalue weighted by Crippen LogP contribution is 2.63. The lowest BCUT2D eigenvalue weighted by Gasteiger charge is -2.56. The Hall–Kier alpha value is -1.51. The Bertz CT molecular complexity index is 785. The number of hydrogen-bond acceptors (Lipinski definition) is 3. The average Bonchev–Trinajstić information content (AvgIpc) is 2.71. The third kappa shape index (κ3) is 2.47. The van der Waals surface area contributed by atoms with Gasteiger partial charge < -0.3 is 0 Å². The van der Waals surface area contributed by atoms with Crippen LogP contribution < -0.4 is 0 Å². The van der Waals surface area contributed by atoms with Crippen LogP contribution in [0.25, 0.3) is 0 Å². The number of Topliss-reactive ketones (excluding diaryl/α,β-unsaturated/α-hetero) is 2. The fourth-order valence-corrected chi connectivity index (χ4v) is 10.1. The van der Waals surface area contributed by atoms with Crippen molar-refractivity contribution in [3.8, 4) is 0 Å². The number of carbonyl (C=O) groups excluding carboxylic acids is 2. The predicted molar refractivity (Wildman–Crippen MR) is 114 cm³/mol. The van der Waals surface area contributed by atoms with Gasteiger partial charge in [-0.15, -0.1) is 0 Å². The number of aromatic nitrogens is 1. The van der Waals surface area contributed by atoms with Crippen LogP contribution in [0.15, 0.2) is 18.5 Å². The first-order valence-electron chi connectivity index (χ1n) is 12.6. The highest BCUT2D eigenvalue weighted by atomic mass is 16.1. The molecule has 1 aromatic rings. The van der Waals surface area contributed by atoms with Gasteiger partial charge in [0.15, 0.2) is 11.6 Å². The van der Waals surface area contributed by atoms with Crippen molar-refractivity contribution < 1.29 is 9.59 Å². The quantitative estimate of drug-likeness (QED) is 0.590. The summed E-state index contributed by atoms with van der Waals surface area (Å²) in [5.41, 5.74) is 0.994. The van der Waals surface area contributed by atoms with Crippen LogP contribution in [-0.4, -0.2) is 16.6 Å². The Morgan fingerprint density at radius 3 is 1.40 bits per heavy atom. The van der Waals surface area contributed by atoms with Gasteiger partial charge in [-0.05, 0) is 119 Å². The Morgan fingerprint density at radius 2 is 1.00 bits per heavy atom. The van der Waals surface area contributed by atoms with Crippen LogP contribution in [0.3, 0.4) is 0 Å². The first-order chi connectivity index (χ1) is 14.5. The van der Waals surface area contributed by atoms with Gasteiger partial charge in [0.05, 0.1) is 0 Å². The average molecular weight is 404 g/mol. The van der Waals surface area contributed by atoms with Crippen LogP contribution in [0.2, 0.25) is 0 Å². The van der Waals surface area contributed by atoms with Crippen molar-refractivity contribution in [2.24, 2.45) is 46.3 Å². The summed E-state index contributed by atoms with van der Waals surface area (Å²) in [5.74, 6) is 4.98. The summed E-state index contributed by atoms with van der Waals surface area (Å²) in [7, 11) is 0. The molecule has 8 saturated carbocycles. The molecular weight excluding hydrogens is 370 g/mol. The second-order valence-corrected chi connectivity index (χ2v) is 12.5. The van der Waals surface area contributed by atoms with E-state index in [1.54, 1.807) is 12.4 Å². The molecular formula is C27H33NO2. The van der Waals surface area contributed by atoms with Gasteiger partial charge in [0.25, 0.3) is 0 Å². The van der Waals surface area contributed by atoms with Crippen molar-refractivity contribution in [2.45, 2.75) is 77.0 Å². The molecule has 8 bridgehead atoms. The molecule has 0 saturated heterocycles. The highest BCUT2D eigenvalue weighted by Gasteiger charge is 2.57. The van der Waals surface area contributed by atoms with E-state index in [1.807, 2.05) is 6.07 Å². The van der Waals surface area contributed by atoms with Gasteiger partial charge in [0, 0.05) is 34.4 Å². The molecule has 158 valence electrons. The maximum Gasteiger partial charge on any atom is 0.171 e. The van der Waals surface area contributed by atoms with E-state index in [0.29, 0.717) is 11.1 Å². The number of nitrogens with zero attached hydrogens (tertiary/aromatic N) is 1. The van der Waals surface area contributed by atoms with Gasteiger partial charge in [-0.1, -0.05) is 0 Å². The molecule has 8 aliphatic rings. The van der Waals surface area contributed by atoms with Crippen molar-refractivity contribution >= 4 is 11.6 Å². The molecule has 3 heteroatoms. The largest absolute Gasteiger partial charge is 0.294 e. The van der Waals surface area contributed by atoms with Crippen molar-refractivity contribution in [3.05, 3.63) is 29.6 Å². The van der Waals surface area contributed by atoms with E-state index in [9.17, 15) is 9.59 Å². The smallest absolute Gasteiger partial charge is 0.171 e. The van der Waals surface area contributed by atoms with Crippen LogP contribution in [0.5, 0.6) is 0 Å². The Labute approximate surface area is 179 Å². The second-order valence-electron chi connectivity index (χ2n) is 12.5. The molecule has 0 atom stereocenters. The van der Waals surface area contributed by atoms with E-state index < -0.39 is 0 Å². The molecule has 0 aliphatic heterocycles. The van der Waals surface area contributed by atoms with E-state index in [2.05, 4.69) is 4.98 Å². The maximum absolute atomic E-state index is 14.1. The van der Waals surface area contributed by atoms with Gasteiger partial charge >= 0.3 is 0 Å².